The standard InChI is InChI=1S/C8H12N2O/c1-6-5-10-4-2-3-7(11)8(10)9-6/h5,7,11H,2-4H2,1H3. The number of imidazole rings is 1. The third-order valence-corrected chi connectivity index (χ3v) is 2.10. The first kappa shape index (κ1) is 6.85. The number of fused-ring (bicyclic) bond motifs is 1. The Hall–Kier alpha value is -0.830. The first-order valence-electron chi connectivity index (χ1n) is 3.99. The third kappa shape index (κ3) is 1.05. The largest absolute Gasteiger partial charge is 0.385 e. The summed E-state index contributed by atoms with van der Waals surface area (Å²) in [6.07, 6.45) is 3.58. The molecule has 1 aliphatic rings. The molecule has 2 heterocycles. The highest BCUT2D eigenvalue weighted by atomic mass is 16.3. The maximum Gasteiger partial charge on any atom is 0.137 e. The first-order chi connectivity index (χ1) is 5.27. The van der Waals surface area contributed by atoms with Crippen LogP contribution in [-0.2, 0) is 6.54 Å². The maximum atomic E-state index is 9.49. The molecule has 2 rings (SSSR count). The summed E-state index contributed by atoms with van der Waals surface area (Å²) in [6, 6.07) is 0. The number of nitrogens with zero attached hydrogens (tertiary/aromatic N) is 2. The Morgan fingerprint density at radius 1 is 1.73 bits per heavy atom. The highest BCUT2D eigenvalue weighted by molar-refractivity contribution is 5.06. The van der Waals surface area contributed by atoms with Gasteiger partial charge >= 0.3 is 0 Å². The van der Waals surface area contributed by atoms with Gasteiger partial charge in [0.2, 0.25) is 0 Å². The zero-order valence-electron chi connectivity index (χ0n) is 6.62. The normalized spacial score (nSPS) is 23.3. The molecular formula is C8H12N2O. The SMILES string of the molecule is Cc1cn2c(n1)C(O)CCC2. The molecule has 1 atom stereocenters. The van der Waals surface area contributed by atoms with Gasteiger partial charge in [-0.1, -0.05) is 0 Å². The van der Waals surface area contributed by atoms with Crippen LogP contribution < -0.4 is 0 Å². The fraction of sp³-hybridized carbons (Fsp3) is 0.625. The average Bonchev–Trinajstić information content (AvgIpc) is 2.31. The van der Waals surface area contributed by atoms with Crippen LogP contribution in [0.4, 0.5) is 0 Å². The molecule has 0 saturated heterocycles. The topological polar surface area (TPSA) is 38.0 Å². The first-order valence-corrected chi connectivity index (χ1v) is 3.99. The van der Waals surface area contributed by atoms with Crippen molar-refractivity contribution in [2.75, 3.05) is 0 Å². The number of aryl methyl sites for hydroxylation is 2. The molecule has 1 aromatic heterocycles. The lowest BCUT2D eigenvalue weighted by atomic mass is 10.1. The van der Waals surface area contributed by atoms with Gasteiger partial charge in [0.15, 0.2) is 0 Å². The van der Waals surface area contributed by atoms with E-state index in [1.807, 2.05) is 17.7 Å². The van der Waals surface area contributed by atoms with Crippen LogP contribution in [0.2, 0.25) is 0 Å². The van der Waals surface area contributed by atoms with Crippen molar-refractivity contribution in [1.29, 1.82) is 0 Å². The van der Waals surface area contributed by atoms with Gasteiger partial charge in [-0.05, 0) is 19.8 Å². The van der Waals surface area contributed by atoms with Crippen molar-refractivity contribution in [2.24, 2.45) is 0 Å². The van der Waals surface area contributed by atoms with E-state index in [0.29, 0.717) is 0 Å². The molecule has 3 nitrogen and oxygen atoms in total. The summed E-state index contributed by atoms with van der Waals surface area (Å²) in [6.45, 7) is 2.96. The van der Waals surface area contributed by atoms with E-state index in [0.717, 1.165) is 30.9 Å². The van der Waals surface area contributed by atoms with Gasteiger partial charge in [-0.15, -0.1) is 0 Å². The Morgan fingerprint density at radius 2 is 2.55 bits per heavy atom. The zero-order chi connectivity index (χ0) is 7.84. The Labute approximate surface area is 65.7 Å². The minimum Gasteiger partial charge on any atom is -0.385 e. The molecule has 1 N–H and O–H groups in total. The molecule has 60 valence electrons. The summed E-state index contributed by atoms with van der Waals surface area (Å²) in [5.74, 6) is 0.841. The molecule has 0 bridgehead atoms. The fourth-order valence-electron chi connectivity index (χ4n) is 1.59. The van der Waals surface area contributed by atoms with Gasteiger partial charge in [-0.25, -0.2) is 4.98 Å². The van der Waals surface area contributed by atoms with Crippen LogP contribution in [0.25, 0.3) is 0 Å². The molecule has 1 aromatic rings. The predicted octanol–water partition coefficient (Wildman–Crippen LogP) is 1.02. The molecular weight excluding hydrogens is 140 g/mol. The van der Waals surface area contributed by atoms with Crippen molar-refractivity contribution in [3.8, 4) is 0 Å². The van der Waals surface area contributed by atoms with Crippen molar-refractivity contribution in [3.05, 3.63) is 17.7 Å². The predicted molar refractivity (Wildman–Crippen MR) is 41.2 cm³/mol. The van der Waals surface area contributed by atoms with E-state index in [1.165, 1.54) is 0 Å². The second kappa shape index (κ2) is 2.34. The molecule has 3 heteroatoms. The van der Waals surface area contributed by atoms with Crippen molar-refractivity contribution < 1.29 is 5.11 Å². The Kier molecular flexibility index (Phi) is 1.46. The highest BCUT2D eigenvalue weighted by Crippen LogP contribution is 2.23. The van der Waals surface area contributed by atoms with Crippen LogP contribution in [0.15, 0.2) is 6.20 Å². The number of aliphatic hydroxyl groups excluding tert-OH is 1. The van der Waals surface area contributed by atoms with E-state index in [-0.39, 0.29) is 6.10 Å². The van der Waals surface area contributed by atoms with E-state index in [2.05, 4.69) is 4.98 Å². The number of aromatic nitrogens is 2. The monoisotopic (exact) mass is 152 g/mol. The molecule has 0 fully saturated rings. The lowest BCUT2D eigenvalue weighted by Gasteiger charge is -2.18. The highest BCUT2D eigenvalue weighted by Gasteiger charge is 2.19. The van der Waals surface area contributed by atoms with Crippen LogP contribution in [-0.4, -0.2) is 14.7 Å². The summed E-state index contributed by atoms with van der Waals surface area (Å²) < 4.78 is 2.05. The van der Waals surface area contributed by atoms with Crippen molar-refractivity contribution >= 4 is 0 Å². The van der Waals surface area contributed by atoms with Gasteiger partial charge in [0, 0.05) is 12.7 Å². The molecule has 1 aliphatic heterocycles. The van der Waals surface area contributed by atoms with Gasteiger partial charge in [-0.2, -0.15) is 0 Å². The van der Waals surface area contributed by atoms with E-state index < -0.39 is 0 Å². The van der Waals surface area contributed by atoms with Crippen LogP contribution in [0.1, 0.15) is 30.5 Å². The molecule has 0 saturated carbocycles. The number of aliphatic hydroxyl groups is 1. The number of hydrogen-bond acceptors (Lipinski definition) is 2. The second-order valence-corrected chi connectivity index (χ2v) is 3.09. The average molecular weight is 152 g/mol. The minimum atomic E-state index is -0.336. The smallest absolute Gasteiger partial charge is 0.137 e. The van der Waals surface area contributed by atoms with Crippen molar-refractivity contribution in [2.45, 2.75) is 32.4 Å². The molecule has 11 heavy (non-hydrogen) atoms. The van der Waals surface area contributed by atoms with Crippen LogP contribution in [0.5, 0.6) is 0 Å². The van der Waals surface area contributed by atoms with Crippen LogP contribution in [0.3, 0.4) is 0 Å². The summed E-state index contributed by atoms with van der Waals surface area (Å²) in [4.78, 5) is 4.25. The van der Waals surface area contributed by atoms with E-state index in [1.54, 1.807) is 0 Å². The molecule has 0 aromatic carbocycles. The van der Waals surface area contributed by atoms with E-state index in [9.17, 15) is 5.11 Å². The zero-order valence-corrected chi connectivity index (χ0v) is 6.62. The summed E-state index contributed by atoms with van der Waals surface area (Å²) in [5, 5.41) is 9.49. The minimum absolute atomic E-state index is 0.336. The second-order valence-electron chi connectivity index (χ2n) is 3.09. The quantitative estimate of drug-likeness (QED) is 0.602. The lowest BCUT2D eigenvalue weighted by molar-refractivity contribution is 0.133. The van der Waals surface area contributed by atoms with E-state index >= 15 is 0 Å². The molecule has 0 spiro atoms. The Balaban J connectivity index is 2.43. The van der Waals surface area contributed by atoms with Gasteiger partial charge < -0.3 is 9.67 Å². The molecule has 0 amide bonds. The van der Waals surface area contributed by atoms with Crippen molar-refractivity contribution in [1.82, 2.24) is 9.55 Å². The Morgan fingerprint density at radius 3 is 3.27 bits per heavy atom. The third-order valence-electron chi connectivity index (χ3n) is 2.10. The van der Waals surface area contributed by atoms with E-state index in [4.69, 9.17) is 0 Å². The maximum absolute atomic E-state index is 9.49. The van der Waals surface area contributed by atoms with Crippen LogP contribution in [0, 0.1) is 6.92 Å². The lowest BCUT2D eigenvalue weighted by Crippen LogP contribution is -2.14. The Bertz CT molecular complexity index is 267. The fourth-order valence-corrected chi connectivity index (χ4v) is 1.59. The summed E-state index contributed by atoms with van der Waals surface area (Å²) >= 11 is 0. The van der Waals surface area contributed by atoms with Gasteiger partial charge in [0.25, 0.3) is 0 Å². The molecule has 0 radical (unpaired) electrons. The number of hydrogen-bond donors (Lipinski definition) is 1. The summed E-state index contributed by atoms with van der Waals surface area (Å²) in [7, 11) is 0. The number of rotatable bonds is 0. The van der Waals surface area contributed by atoms with Crippen molar-refractivity contribution in [3.63, 3.8) is 0 Å². The van der Waals surface area contributed by atoms with Gasteiger partial charge in [0.05, 0.1) is 5.69 Å². The molecule has 1 unspecified atom stereocenters. The van der Waals surface area contributed by atoms with Gasteiger partial charge in [0.1, 0.15) is 11.9 Å². The van der Waals surface area contributed by atoms with Crippen LogP contribution >= 0.6 is 0 Å². The van der Waals surface area contributed by atoms with Gasteiger partial charge in [-0.3, -0.25) is 0 Å². The molecule has 0 aliphatic carbocycles. The summed E-state index contributed by atoms with van der Waals surface area (Å²) in [5.41, 5.74) is 1.00.